The summed E-state index contributed by atoms with van der Waals surface area (Å²) in [6, 6.07) is 0. The molecular formula is C8H13N3OS. The lowest BCUT2D eigenvalue weighted by Crippen LogP contribution is -2.04. The summed E-state index contributed by atoms with van der Waals surface area (Å²) in [7, 11) is 0. The predicted octanol–water partition coefficient (Wildman–Crippen LogP) is 0.791. The van der Waals surface area contributed by atoms with Gasteiger partial charge in [0.15, 0.2) is 5.82 Å². The van der Waals surface area contributed by atoms with E-state index in [4.69, 9.17) is 10.3 Å². The molecule has 0 amide bonds. The standard InChI is InChI=1S/C8H13N3OS/c9-3-1-7-10-8(12-11-7)6-2-4-13-5-6/h6H,1-5,9H2. The molecule has 5 heteroatoms. The highest BCUT2D eigenvalue weighted by molar-refractivity contribution is 7.99. The number of hydrogen-bond acceptors (Lipinski definition) is 5. The van der Waals surface area contributed by atoms with Gasteiger partial charge in [-0.3, -0.25) is 0 Å². The van der Waals surface area contributed by atoms with Crippen molar-refractivity contribution in [1.82, 2.24) is 10.1 Å². The molecule has 2 N–H and O–H groups in total. The highest BCUT2D eigenvalue weighted by Crippen LogP contribution is 2.31. The monoisotopic (exact) mass is 199 g/mol. The molecule has 72 valence electrons. The maximum atomic E-state index is 5.40. The van der Waals surface area contributed by atoms with Crippen LogP contribution in [0, 0.1) is 0 Å². The van der Waals surface area contributed by atoms with E-state index in [-0.39, 0.29) is 0 Å². The van der Waals surface area contributed by atoms with Gasteiger partial charge in [0.05, 0.1) is 0 Å². The molecule has 0 bridgehead atoms. The van der Waals surface area contributed by atoms with E-state index in [9.17, 15) is 0 Å². The Balaban J connectivity index is 2.03. The van der Waals surface area contributed by atoms with Crippen LogP contribution in [0.5, 0.6) is 0 Å². The number of nitrogens with zero attached hydrogens (tertiary/aromatic N) is 2. The smallest absolute Gasteiger partial charge is 0.230 e. The molecule has 2 heterocycles. The molecule has 1 atom stereocenters. The van der Waals surface area contributed by atoms with Crippen LogP contribution in [0.3, 0.4) is 0 Å². The van der Waals surface area contributed by atoms with E-state index in [0.717, 1.165) is 23.9 Å². The van der Waals surface area contributed by atoms with E-state index in [1.54, 1.807) is 0 Å². The molecule has 0 aromatic carbocycles. The van der Waals surface area contributed by atoms with Crippen LogP contribution in [0.15, 0.2) is 4.52 Å². The second kappa shape index (κ2) is 4.11. The van der Waals surface area contributed by atoms with Crippen molar-refractivity contribution < 1.29 is 4.52 Å². The van der Waals surface area contributed by atoms with Gasteiger partial charge in [-0.1, -0.05) is 5.16 Å². The Kier molecular flexibility index (Phi) is 2.85. The van der Waals surface area contributed by atoms with Crippen LogP contribution in [-0.2, 0) is 6.42 Å². The third-order valence-corrected chi connectivity index (χ3v) is 3.29. The lowest BCUT2D eigenvalue weighted by molar-refractivity contribution is 0.356. The minimum Gasteiger partial charge on any atom is -0.339 e. The molecule has 1 aliphatic heterocycles. The summed E-state index contributed by atoms with van der Waals surface area (Å²) < 4.78 is 5.17. The molecule has 4 nitrogen and oxygen atoms in total. The van der Waals surface area contributed by atoms with Crippen LogP contribution in [0.1, 0.15) is 24.1 Å². The predicted molar refractivity (Wildman–Crippen MR) is 51.7 cm³/mol. The first-order valence-electron chi connectivity index (χ1n) is 4.50. The summed E-state index contributed by atoms with van der Waals surface area (Å²) in [4.78, 5) is 4.31. The zero-order valence-electron chi connectivity index (χ0n) is 7.40. The van der Waals surface area contributed by atoms with Crippen LogP contribution < -0.4 is 5.73 Å². The summed E-state index contributed by atoms with van der Waals surface area (Å²) in [5.41, 5.74) is 5.40. The Morgan fingerprint density at radius 1 is 1.62 bits per heavy atom. The highest BCUT2D eigenvalue weighted by Gasteiger charge is 2.23. The van der Waals surface area contributed by atoms with E-state index in [1.165, 1.54) is 5.75 Å². The van der Waals surface area contributed by atoms with Crippen molar-refractivity contribution in [2.45, 2.75) is 18.8 Å². The lowest BCUT2D eigenvalue weighted by atomic mass is 10.1. The van der Waals surface area contributed by atoms with Gasteiger partial charge in [0.1, 0.15) is 0 Å². The van der Waals surface area contributed by atoms with Crippen LogP contribution >= 0.6 is 11.8 Å². The van der Waals surface area contributed by atoms with Crippen molar-refractivity contribution in [3.05, 3.63) is 11.7 Å². The molecule has 1 aliphatic rings. The molecule has 1 fully saturated rings. The van der Waals surface area contributed by atoms with Crippen LogP contribution in [-0.4, -0.2) is 28.2 Å². The normalized spacial score (nSPS) is 22.4. The van der Waals surface area contributed by atoms with Gasteiger partial charge in [-0.15, -0.1) is 0 Å². The third kappa shape index (κ3) is 2.03. The van der Waals surface area contributed by atoms with Gasteiger partial charge in [-0.2, -0.15) is 16.7 Å². The van der Waals surface area contributed by atoms with Gasteiger partial charge in [-0.25, -0.2) is 0 Å². The number of hydrogen-bond donors (Lipinski definition) is 1. The summed E-state index contributed by atoms with van der Waals surface area (Å²) in [6.45, 7) is 0.582. The van der Waals surface area contributed by atoms with Crippen molar-refractivity contribution in [3.63, 3.8) is 0 Å². The second-order valence-electron chi connectivity index (χ2n) is 3.15. The Hall–Kier alpha value is -0.550. The van der Waals surface area contributed by atoms with E-state index in [2.05, 4.69) is 10.1 Å². The third-order valence-electron chi connectivity index (χ3n) is 2.13. The Labute approximate surface area is 81.3 Å². The molecule has 1 aromatic rings. The number of nitrogens with two attached hydrogens (primary N) is 1. The van der Waals surface area contributed by atoms with Crippen LogP contribution in [0.4, 0.5) is 0 Å². The molecule has 13 heavy (non-hydrogen) atoms. The maximum absolute atomic E-state index is 5.40. The van der Waals surface area contributed by atoms with Crippen molar-refractivity contribution in [2.75, 3.05) is 18.1 Å². The van der Waals surface area contributed by atoms with Gasteiger partial charge in [0.2, 0.25) is 5.89 Å². The van der Waals surface area contributed by atoms with Crippen molar-refractivity contribution >= 4 is 11.8 Å². The van der Waals surface area contributed by atoms with Gasteiger partial charge in [0, 0.05) is 18.1 Å². The fraction of sp³-hybridized carbons (Fsp3) is 0.750. The number of rotatable bonds is 3. The molecule has 0 saturated carbocycles. The van der Waals surface area contributed by atoms with E-state index >= 15 is 0 Å². The summed E-state index contributed by atoms with van der Waals surface area (Å²) in [5.74, 6) is 4.34. The summed E-state index contributed by atoms with van der Waals surface area (Å²) in [5, 5.41) is 3.88. The number of aromatic nitrogens is 2. The summed E-state index contributed by atoms with van der Waals surface area (Å²) >= 11 is 1.95. The Bertz CT molecular complexity index is 270. The van der Waals surface area contributed by atoms with E-state index < -0.39 is 0 Å². The fourth-order valence-electron chi connectivity index (χ4n) is 1.39. The van der Waals surface area contributed by atoms with Gasteiger partial charge < -0.3 is 10.3 Å². The van der Waals surface area contributed by atoms with Gasteiger partial charge in [0.25, 0.3) is 0 Å². The van der Waals surface area contributed by atoms with Gasteiger partial charge in [-0.05, 0) is 18.7 Å². The average molecular weight is 199 g/mol. The molecule has 1 unspecified atom stereocenters. The first-order valence-corrected chi connectivity index (χ1v) is 5.66. The molecule has 2 rings (SSSR count). The number of thioether (sulfide) groups is 1. The highest BCUT2D eigenvalue weighted by atomic mass is 32.2. The first-order chi connectivity index (χ1) is 6.40. The minimum absolute atomic E-state index is 0.476. The quantitative estimate of drug-likeness (QED) is 0.779. The Morgan fingerprint density at radius 2 is 2.54 bits per heavy atom. The van der Waals surface area contributed by atoms with Crippen LogP contribution in [0.25, 0.3) is 0 Å². The van der Waals surface area contributed by atoms with E-state index in [1.807, 2.05) is 11.8 Å². The zero-order chi connectivity index (χ0) is 9.10. The minimum atomic E-state index is 0.476. The zero-order valence-corrected chi connectivity index (χ0v) is 8.22. The molecule has 0 radical (unpaired) electrons. The molecule has 1 aromatic heterocycles. The summed E-state index contributed by atoms with van der Waals surface area (Å²) in [6.07, 6.45) is 1.87. The lowest BCUT2D eigenvalue weighted by Gasteiger charge is -1.98. The second-order valence-corrected chi connectivity index (χ2v) is 4.30. The first kappa shape index (κ1) is 9.02. The molecule has 1 saturated heterocycles. The van der Waals surface area contributed by atoms with Crippen LogP contribution in [0.2, 0.25) is 0 Å². The fourth-order valence-corrected chi connectivity index (χ4v) is 2.60. The SMILES string of the molecule is NCCc1noc(C2CCSC2)n1. The van der Waals surface area contributed by atoms with E-state index in [0.29, 0.717) is 18.9 Å². The Morgan fingerprint density at radius 3 is 3.23 bits per heavy atom. The van der Waals surface area contributed by atoms with Crippen molar-refractivity contribution in [1.29, 1.82) is 0 Å². The average Bonchev–Trinajstić information content (AvgIpc) is 2.70. The molecular weight excluding hydrogens is 186 g/mol. The van der Waals surface area contributed by atoms with Crippen molar-refractivity contribution in [3.8, 4) is 0 Å². The molecule has 0 spiro atoms. The van der Waals surface area contributed by atoms with Gasteiger partial charge >= 0.3 is 0 Å². The largest absolute Gasteiger partial charge is 0.339 e. The maximum Gasteiger partial charge on any atom is 0.230 e. The molecule has 0 aliphatic carbocycles. The van der Waals surface area contributed by atoms with Crippen molar-refractivity contribution in [2.24, 2.45) is 5.73 Å². The topological polar surface area (TPSA) is 64.9 Å².